The fourth-order valence-electron chi connectivity index (χ4n) is 9.83. The number of hydrogen-bond acceptors (Lipinski definition) is 1. The van der Waals surface area contributed by atoms with Crippen molar-refractivity contribution in [3.8, 4) is 44.5 Å². The van der Waals surface area contributed by atoms with Gasteiger partial charge >= 0.3 is 0 Å². The first-order valence-corrected chi connectivity index (χ1v) is 20.8. The molecular formula is C59H41N. The standard InChI is InChI=1S/C59H41N/c1-6-21-42(22-7-1)50-34-20-36-55(57(50)44-24-8-2-9-25-44)60(56-40-37-43-23-16-17-32-49(43)58(56)45-26-10-3-11-27-45)48-38-39-52-51-33-18-19-35-53(51)59(54(52)41-48,46-28-12-4-13-29-46)47-30-14-5-15-31-47/h1-41H. The van der Waals surface area contributed by atoms with Gasteiger partial charge in [-0.05, 0) is 90.7 Å². The minimum atomic E-state index is -0.546. The van der Waals surface area contributed by atoms with Gasteiger partial charge in [-0.2, -0.15) is 0 Å². The molecule has 1 aliphatic carbocycles. The van der Waals surface area contributed by atoms with Gasteiger partial charge < -0.3 is 4.90 Å². The lowest BCUT2D eigenvalue weighted by molar-refractivity contribution is 0.768. The highest BCUT2D eigenvalue weighted by Gasteiger charge is 2.46. The molecule has 0 fully saturated rings. The van der Waals surface area contributed by atoms with Gasteiger partial charge in [-0.3, -0.25) is 0 Å². The van der Waals surface area contributed by atoms with E-state index >= 15 is 0 Å². The molecule has 0 amide bonds. The van der Waals surface area contributed by atoms with E-state index in [0.717, 1.165) is 22.6 Å². The molecule has 10 aromatic rings. The molecule has 0 N–H and O–H groups in total. The number of rotatable bonds is 8. The maximum Gasteiger partial charge on any atom is 0.0714 e. The average Bonchev–Trinajstić information content (AvgIpc) is 3.63. The van der Waals surface area contributed by atoms with E-state index in [9.17, 15) is 0 Å². The smallest absolute Gasteiger partial charge is 0.0714 e. The Morgan fingerprint density at radius 3 is 1.47 bits per heavy atom. The van der Waals surface area contributed by atoms with Gasteiger partial charge in [0.2, 0.25) is 0 Å². The van der Waals surface area contributed by atoms with E-state index in [4.69, 9.17) is 0 Å². The van der Waals surface area contributed by atoms with Crippen LogP contribution in [0.3, 0.4) is 0 Å². The lowest BCUT2D eigenvalue weighted by Gasteiger charge is -2.35. The zero-order chi connectivity index (χ0) is 39.9. The molecule has 10 aromatic carbocycles. The van der Waals surface area contributed by atoms with Crippen LogP contribution in [0.4, 0.5) is 17.1 Å². The van der Waals surface area contributed by atoms with Gasteiger partial charge in [0.1, 0.15) is 0 Å². The molecule has 282 valence electrons. The Morgan fingerprint density at radius 1 is 0.300 bits per heavy atom. The Balaban J connectivity index is 1.28. The lowest BCUT2D eigenvalue weighted by Crippen LogP contribution is -2.28. The summed E-state index contributed by atoms with van der Waals surface area (Å²) in [6.07, 6.45) is 0. The van der Waals surface area contributed by atoms with Crippen LogP contribution in [0.1, 0.15) is 22.3 Å². The van der Waals surface area contributed by atoms with E-state index in [1.165, 1.54) is 72.0 Å². The highest BCUT2D eigenvalue weighted by molar-refractivity contribution is 6.07. The van der Waals surface area contributed by atoms with E-state index in [1.54, 1.807) is 0 Å². The number of fused-ring (bicyclic) bond motifs is 4. The molecule has 60 heavy (non-hydrogen) atoms. The maximum absolute atomic E-state index is 2.54. The number of anilines is 3. The van der Waals surface area contributed by atoms with Crippen molar-refractivity contribution in [3.05, 3.63) is 271 Å². The summed E-state index contributed by atoms with van der Waals surface area (Å²) < 4.78 is 0. The van der Waals surface area contributed by atoms with Crippen LogP contribution < -0.4 is 4.90 Å². The van der Waals surface area contributed by atoms with Gasteiger partial charge in [-0.25, -0.2) is 0 Å². The SMILES string of the molecule is c1ccc(-c2cccc(N(c3ccc4c(c3)C(c3ccccc3)(c3ccccc3)c3ccccc3-4)c3ccc4ccccc4c3-c3ccccc3)c2-c2ccccc2)cc1. The van der Waals surface area contributed by atoms with Crippen molar-refractivity contribution in [1.29, 1.82) is 0 Å². The molecule has 1 nitrogen and oxygen atoms in total. The fraction of sp³-hybridized carbons (Fsp3) is 0.0169. The molecule has 0 heterocycles. The van der Waals surface area contributed by atoms with Gasteiger partial charge in [0, 0.05) is 16.8 Å². The van der Waals surface area contributed by atoms with Gasteiger partial charge in [0.05, 0.1) is 16.8 Å². The second-order valence-electron chi connectivity index (χ2n) is 15.6. The summed E-state index contributed by atoms with van der Waals surface area (Å²) in [7, 11) is 0. The van der Waals surface area contributed by atoms with Crippen LogP contribution in [0.2, 0.25) is 0 Å². The van der Waals surface area contributed by atoms with E-state index in [1.807, 2.05) is 0 Å². The molecule has 0 saturated carbocycles. The summed E-state index contributed by atoms with van der Waals surface area (Å²) in [4.78, 5) is 2.54. The molecule has 0 radical (unpaired) electrons. The molecule has 1 aliphatic rings. The summed E-state index contributed by atoms with van der Waals surface area (Å²) in [5, 5.41) is 2.42. The van der Waals surface area contributed by atoms with Gasteiger partial charge in [0.25, 0.3) is 0 Å². The van der Waals surface area contributed by atoms with Crippen molar-refractivity contribution in [2.45, 2.75) is 5.41 Å². The molecule has 0 saturated heterocycles. The van der Waals surface area contributed by atoms with Crippen LogP contribution in [-0.2, 0) is 5.41 Å². The second kappa shape index (κ2) is 14.9. The minimum absolute atomic E-state index is 0.546. The van der Waals surface area contributed by atoms with Crippen LogP contribution >= 0.6 is 0 Å². The van der Waals surface area contributed by atoms with E-state index < -0.39 is 5.41 Å². The van der Waals surface area contributed by atoms with Crippen molar-refractivity contribution in [2.75, 3.05) is 4.90 Å². The van der Waals surface area contributed by atoms with E-state index in [-0.39, 0.29) is 0 Å². The summed E-state index contributed by atoms with van der Waals surface area (Å²) >= 11 is 0. The van der Waals surface area contributed by atoms with Crippen molar-refractivity contribution >= 4 is 27.8 Å². The van der Waals surface area contributed by atoms with Crippen molar-refractivity contribution in [3.63, 3.8) is 0 Å². The van der Waals surface area contributed by atoms with Crippen LogP contribution in [0.5, 0.6) is 0 Å². The second-order valence-corrected chi connectivity index (χ2v) is 15.6. The summed E-state index contributed by atoms with van der Waals surface area (Å²) in [5.41, 5.74) is 17.4. The fourth-order valence-corrected chi connectivity index (χ4v) is 9.83. The molecule has 0 aromatic heterocycles. The zero-order valence-corrected chi connectivity index (χ0v) is 33.1. The first kappa shape index (κ1) is 35.4. The Hall–Kier alpha value is -7.74. The molecule has 0 unspecified atom stereocenters. The Kier molecular flexibility index (Phi) is 8.79. The molecule has 0 aliphatic heterocycles. The first-order chi connectivity index (χ1) is 29.8. The van der Waals surface area contributed by atoms with Crippen molar-refractivity contribution < 1.29 is 0 Å². The largest absolute Gasteiger partial charge is 0.309 e. The highest BCUT2D eigenvalue weighted by Crippen LogP contribution is 2.58. The van der Waals surface area contributed by atoms with E-state index in [2.05, 4.69) is 254 Å². The summed E-state index contributed by atoms with van der Waals surface area (Å²) in [6, 6.07) is 91.2. The van der Waals surface area contributed by atoms with Crippen molar-refractivity contribution in [1.82, 2.24) is 0 Å². The van der Waals surface area contributed by atoms with Gasteiger partial charge in [-0.15, -0.1) is 0 Å². The Bertz CT molecular complexity index is 3080. The minimum Gasteiger partial charge on any atom is -0.309 e. The third-order valence-electron chi connectivity index (χ3n) is 12.3. The molecule has 0 atom stereocenters. The first-order valence-electron chi connectivity index (χ1n) is 20.8. The molecule has 0 bridgehead atoms. The van der Waals surface area contributed by atoms with Gasteiger partial charge in [-0.1, -0.05) is 224 Å². The Morgan fingerprint density at radius 2 is 0.800 bits per heavy atom. The summed E-state index contributed by atoms with van der Waals surface area (Å²) in [5.74, 6) is 0. The highest BCUT2D eigenvalue weighted by atomic mass is 15.1. The number of benzene rings is 10. The normalized spacial score (nSPS) is 12.5. The molecule has 11 rings (SSSR count). The van der Waals surface area contributed by atoms with Crippen LogP contribution in [0, 0.1) is 0 Å². The van der Waals surface area contributed by atoms with Gasteiger partial charge in [0.15, 0.2) is 0 Å². The van der Waals surface area contributed by atoms with E-state index in [0.29, 0.717) is 0 Å². The third-order valence-corrected chi connectivity index (χ3v) is 12.3. The number of hydrogen-bond donors (Lipinski definition) is 0. The zero-order valence-electron chi connectivity index (χ0n) is 33.1. The molecule has 1 heteroatoms. The third kappa shape index (κ3) is 5.70. The van der Waals surface area contributed by atoms with Crippen molar-refractivity contribution in [2.24, 2.45) is 0 Å². The Labute approximate surface area is 352 Å². The molecular weight excluding hydrogens is 723 g/mol. The molecule has 0 spiro atoms. The number of nitrogens with zero attached hydrogens (tertiary/aromatic N) is 1. The predicted molar refractivity (Wildman–Crippen MR) is 252 cm³/mol. The predicted octanol–water partition coefficient (Wildman–Crippen LogP) is 15.7. The lowest BCUT2D eigenvalue weighted by atomic mass is 9.67. The van der Waals surface area contributed by atoms with Crippen LogP contribution in [0.25, 0.3) is 55.3 Å². The average molecular weight is 764 g/mol. The topological polar surface area (TPSA) is 3.24 Å². The van der Waals surface area contributed by atoms with Crippen LogP contribution in [-0.4, -0.2) is 0 Å². The summed E-state index contributed by atoms with van der Waals surface area (Å²) in [6.45, 7) is 0. The maximum atomic E-state index is 2.54. The quantitative estimate of drug-likeness (QED) is 0.149. The monoisotopic (exact) mass is 763 g/mol. The van der Waals surface area contributed by atoms with Crippen LogP contribution in [0.15, 0.2) is 249 Å².